The van der Waals surface area contributed by atoms with Crippen molar-refractivity contribution in [3.8, 4) is 0 Å². The van der Waals surface area contributed by atoms with Gasteiger partial charge in [0.15, 0.2) is 0 Å². The van der Waals surface area contributed by atoms with Gasteiger partial charge >= 0.3 is 0 Å². The third-order valence-electron chi connectivity index (χ3n) is 3.57. The van der Waals surface area contributed by atoms with E-state index in [-0.39, 0.29) is 5.91 Å². The second kappa shape index (κ2) is 4.16. The number of hydrogen-bond donors (Lipinski definition) is 1. The van der Waals surface area contributed by atoms with Crippen LogP contribution in [0.3, 0.4) is 0 Å². The molecular weight excluding hydrogens is 256 g/mol. The van der Waals surface area contributed by atoms with Crippen molar-refractivity contribution in [2.24, 2.45) is 0 Å². The largest absolute Gasteiger partial charge is 0.315 e. The molecule has 0 radical (unpaired) electrons. The maximum atomic E-state index is 11.9. The molecule has 5 nitrogen and oxygen atoms in total. The molecule has 1 heterocycles. The maximum Gasteiger partial charge on any atom is 0.258 e. The molecule has 0 unspecified atom stereocenters. The summed E-state index contributed by atoms with van der Waals surface area (Å²) < 4.78 is 0. The van der Waals surface area contributed by atoms with Gasteiger partial charge in [0.1, 0.15) is 0 Å². The van der Waals surface area contributed by atoms with Crippen LogP contribution in [0.5, 0.6) is 0 Å². The zero-order valence-electron chi connectivity index (χ0n) is 11.1. The Bertz CT molecular complexity index is 760. The number of anilines is 1. The van der Waals surface area contributed by atoms with E-state index in [1.807, 2.05) is 6.07 Å². The fourth-order valence-corrected chi connectivity index (χ4v) is 2.47. The molecule has 5 heteroatoms. The number of nitrogens with one attached hydrogen (secondary N) is 1. The monoisotopic (exact) mass is 268 g/mol. The summed E-state index contributed by atoms with van der Waals surface area (Å²) in [5.41, 5.74) is 1.59. The molecule has 0 spiro atoms. The highest BCUT2D eigenvalue weighted by atomic mass is 16.2. The summed E-state index contributed by atoms with van der Waals surface area (Å²) in [6, 6.07) is 8.59. The van der Waals surface area contributed by atoms with Crippen molar-refractivity contribution in [2.45, 2.75) is 6.92 Å². The molecule has 1 aliphatic heterocycles. The summed E-state index contributed by atoms with van der Waals surface area (Å²) in [7, 11) is 1.66. The highest BCUT2D eigenvalue weighted by molar-refractivity contribution is 6.27. The first-order valence-corrected chi connectivity index (χ1v) is 6.16. The fourth-order valence-electron chi connectivity index (χ4n) is 2.47. The van der Waals surface area contributed by atoms with Crippen LogP contribution in [0.25, 0.3) is 10.8 Å². The highest BCUT2D eigenvalue weighted by Crippen LogP contribution is 2.33. The fraction of sp³-hybridized carbons (Fsp3) is 0.133. The van der Waals surface area contributed by atoms with Gasteiger partial charge in [-0.1, -0.05) is 12.1 Å². The van der Waals surface area contributed by atoms with E-state index >= 15 is 0 Å². The van der Waals surface area contributed by atoms with Crippen LogP contribution in [0.15, 0.2) is 30.3 Å². The van der Waals surface area contributed by atoms with Gasteiger partial charge in [-0.05, 0) is 18.2 Å². The normalized spacial score (nSPS) is 13.3. The van der Waals surface area contributed by atoms with E-state index in [0.717, 1.165) is 5.39 Å². The van der Waals surface area contributed by atoms with E-state index in [4.69, 9.17) is 0 Å². The minimum absolute atomic E-state index is 0.114. The van der Waals surface area contributed by atoms with Crippen LogP contribution in [0, 0.1) is 0 Å². The van der Waals surface area contributed by atoms with Crippen LogP contribution in [0.2, 0.25) is 0 Å². The minimum Gasteiger partial charge on any atom is -0.315 e. The standard InChI is InChI=1S/C15H12N2O3/c1-8(18)17(2)12-7-6-11-13-9(12)4-3-5-10(13)14(19)16-15(11)20/h3-7H,1-2H3,(H,16,19,20). The quantitative estimate of drug-likeness (QED) is 0.801. The Morgan fingerprint density at radius 1 is 1.05 bits per heavy atom. The van der Waals surface area contributed by atoms with Gasteiger partial charge in [-0.3, -0.25) is 19.7 Å². The number of imide groups is 1. The number of hydrogen-bond acceptors (Lipinski definition) is 3. The van der Waals surface area contributed by atoms with E-state index < -0.39 is 11.8 Å². The Morgan fingerprint density at radius 3 is 2.35 bits per heavy atom. The molecule has 100 valence electrons. The maximum absolute atomic E-state index is 11.9. The number of carbonyl (C=O) groups is 3. The number of nitrogens with zero attached hydrogens (tertiary/aromatic N) is 1. The van der Waals surface area contributed by atoms with Gasteiger partial charge in [-0.25, -0.2) is 0 Å². The molecule has 2 aromatic carbocycles. The molecule has 3 rings (SSSR count). The van der Waals surface area contributed by atoms with Crippen molar-refractivity contribution >= 4 is 34.2 Å². The average Bonchev–Trinajstić information content (AvgIpc) is 2.43. The van der Waals surface area contributed by atoms with Crippen LogP contribution in [-0.2, 0) is 4.79 Å². The Balaban J connectivity index is 2.41. The highest BCUT2D eigenvalue weighted by Gasteiger charge is 2.26. The lowest BCUT2D eigenvalue weighted by Gasteiger charge is -2.22. The molecule has 1 aliphatic rings. The molecular formula is C15H12N2O3. The molecule has 0 fully saturated rings. The van der Waals surface area contributed by atoms with Crippen LogP contribution < -0.4 is 10.2 Å². The smallest absolute Gasteiger partial charge is 0.258 e. The first kappa shape index (κ1) is 12.3. The summed E-state index contributed by atoms with van der Waals surface area (Å²) >= 11 is 0. The van der Waals surface area contributed by atoms with Gasteiger partial charge in [0, 0.05) is 35.9 Å². The predicted molar refractivity (Wildman–Crippen MR) is 74.8 cm³/mol. The Hall–Kier alpha value is -2.69. The van der Waals surface area contributed by atoms with Gasteiger partial charge in [0.2, 0.25) is 5.91 Å². The number of carbonyl (C=O) groups excluding carboxylic acids is 3. The van der Waals surface area contributed by atoms with Crippen LogP contribution in [0.1, 0.15) is 27.6 Å². The molecule has 20 heavy (non-hydrogen) atoms. The van der Waals surface area contributed by atoms with E-state index in [1.54, 1.807) is 31.3 Å². The van der Waals surface area contributed by atoms with Gasteiger partial charge in [-0.15, -0.1) is 0 Å². The van der Waals surface area contributed by atoms with Crippen LogP contribution in [-0.4, -0.2) is 24.8 Å². The Kier molecular flexibility index (Phi) is 2.57. The second-order valence-corrected chi connectivity index (χ2v) is 4.72. The predicted octanol–water partition coefficient (Wildman–Crippen LogP) is 1.71. The van der Waals surface area contributed by atoms with Crippen molar-refractivity contribution < 1.29 is 14.4 Å². The summed E-state index contributed by atoms with van der Waals surface area (Å²) in [5, 5.41) is 3.64. The van der Waals surface area contributed by atoms with Crippen LogP contribution in [0.4, 0.5) is 5.69 Å². The van der Waals surface area contributed by atoms with Gasteiger partial charge < -0.3 is 4.90 Å². The average molecular weight is 268 g/mol. The van der Waals surface area contributed by atoms with Crippen molar-refractivity contribution in [3.63, 3.8) is 0 Å². The molecule has 0 bridgehead atoms. The zero-order chi connectivity index (χ0) is 14.4. The van der Waals surface area contributed by atoms with E-state index in [9.17, 15) is 14.4 Å². The van der Waals surface area contributed by atoms with Crippen molar-refractivity contribution in [3.05, 3.63) is 41.5 Å². The first-order valence-electron chi connectivity index (χ1n) is 6.16. The molecule has 0 aromatic heterocycles. The lowest BCUT2D eigenvalue weighted by molar-refractivity contribution is -0.116. The van der Waals surface area contributed by atoms with Crippen molar-refractivity contribution in [2.75, 3.05) is 11.9 Å². The van der Waals surface area contributed by atoms with Crippen molar-refractivity contribution in [1.82, 2.24) is 5.32 Å². The topological polar surface area (TPSA) is 66.5 Å². The third kappa shape index (κ3) is 1.60. The summed E-state index contributed by atoms with van der Waals surface area (Å²) in [4.78, 5) is 36.8. The molecule has 0 saturated carbocycles. The number of amides is 3. The molecule has 0 saturated heterocycles. The Morgan fingerprint density at radius 2 is 1.70 bits per heavy atom. The van der Waals surface area contributed by atoms with E-state index in [2.05, 4.69) is 5.32 Å². The molecule has 0 aliphatic carbocycles. The molecule has 0 atom stereocenters. The summed E-state index contributed by atoms with van der Waals surface area (Å²) in [6.07, 6.45) is 0. The third-order valence-corrected chi connectivity index (χ3v) is 3.57. The number of rotatable bonds is 1. The molecule has 1 N–H and O–H groups in total. The SMILES string of the molecule is CC(=O)N(C)c1ccc2c3c(cccc13)C(=O)NC2=O. The second-order valence-electron chi connectivity index (χ2n) is 4.72. The molecule has 3 amide bonds. The summed E-state index contributed by atoms with van der Waals surface area (Å²) in [5.74, 6) is -0.927. The van der Waals surface area contributed by atoms with Crippen LogP contribution >= 0.6 is 0 Å². The molecule has 2 aromatic rings. The lowest BCUT2D eigenvalue weighted by Crippen LogP contribution is -2.35. The minimum atomic E-state index is -0.407. The van der Waals surface area contributed by atoms with Gasteiger partial charge in [0.05, 0.1) is 5.69 Å². The summed E-state index contributed by atoms with van der Waals surface area (Å²) in [6.45, 7) is 1.47. The Labute approximate surface area is 115 Å². The zero-order valence-corrected chi connectivity index (χ0v) is 11.1. The van der Waals surface area contributed by atoms with Crippen molar-refractivity contribution in [1.29, 1.82) is 0 Å². The van der Waals surface area contributed by atoms with E-state index in [1.165, 1.54) is 11.8 Å². The van der Waals surface area contributed by atoms with Gasteiger partial charge in [-0.2, -0.15) is 0 Å². The first-order chi connectivity index (χ1) is 9.50. The number of benzene rings is 2. The lowest BCUT2D eigenvalue weighted by atomic mass is 9.94. The van der Waals surface area contributed by atoms with Gasteiger partial charge in [0.25, 0.3) is 11.8 Å². The van der Waals surface area contributed by atoms with E-state index in [0.29, 0.717) is 22.2 Å².